The number of nitrogens with one attached hydrogen (secondary N) is 6. The van der Waals surface area contributed by atoms with Gasteiger partial charge in [-0.3, -0.25) is 28.8 Å². The molecule has 7 N–H and O–H groups in total. The maximum atomic E-state index is 14.3. The Morgan fingerprint density at radius 2 is 1.35 bits per heavy atom. The lowest BCUT2D eigenvalue weighted by Crippen LogP contribution is -2.62. The molecule has 1 aromatic rings. The summed E-state index contributed by atoms with van der Waals surface area (Å²) in [6.07, 6.45) is 1.72. The van der Waals surface area contributed by atoms with Crippen molar-refractivity contribution in [3.8, 4) is 0 Å². The number of alkyl carbamates (subject to hydrolysis) is 1. The molecular formula is C49H74Cl3N7O13. The summed E-state index contributed by atoms with van der Waals surface area (Å²) >= 11 is 18.1. The zero-order valence-electron chi connectivity index (χ0n) is 43.0. The second-order valence-electron chi connectivity index (χ2n) is 19.1. The number of nitrogens with zero attached hydrogens (tertiary/aromatic N) is 1. The summed E-state index contributed by atoms with van der Waals surface area (Å²) in [5.41, 5.74) is -3.01. The van der Waals surface area contributed by atoms with Gasteiger partial charge in [0.2, 0.25) is 39.2 Å². The largest absolute Gasteiger partial charge is 0.467 e. The van der Waals surface area contributed by atoms with Crippen LogP contribution in [-0.4, -0.2) is 153 Å². The highest BCUT2D eigenvalue weighted by atomic mass is 35.6. The Bertz CT molecular complexity index is 2070. The Labute approximate surface area is 437 Å². The minimum Gasteiger partial charge on any atom is -0.467 e. The SMILES string of the molecule is C=CC(C)(C)OC[C@H](NC(=O)[C@@H](NC(=O)OC(C)(C)C(Cl)(Cl)Cl)[C@@H](C)OC(C)(C)C=C)C(=O)N[C@H](C(=O)N[C@@H](C)C(=O)N1CCC[C@H]1C(=O)N[C@@H](Cc1ccccc1)C(=O)N[C@@H](CO)C(=O)OC)[C@@H](C)CC. The highest BCUT2D eigenvalue weighted by Crippen LogP contribution is 2.40. The average molecular weight is 1080 g/mol. The van der Waals surface area contributed by atoms with E-state index in [4.69, 9.17) is 49.0 Å². The number of methoxy groups -OCH3 is 1. The molecule has 1 aliphatic heterocycles. The third-order valence-corrected chi connectivity index (χ3v) is 13.4. The van der Waals surface area contributed by atoms with Crippen molar-refractivity contribution in [2.45, 2.75) is 164 Å². The number of aliphatic hydroxyl groups excluding tert-OH is 1. The smallest absolute Gasteiger partial charge is 0.408 e. The van der Waals surface area contributed by atoms with Crippen LogP contribution in [-0.2, 0) is 58.9 Å². The molecule has 1 heterocycles. The van der Waals surface area contributed by atoms with Crippen molar-refractivity contribution in [1.82, 2.24) is 36.8 Å². The number of alkyl halides is 3. The molecule has 7 amide bonds. The third kappa shape index (κ3) is 19.1. The van der Waals surface area contributed by atoms with E-state index in [-0.39, 0.29) is 19.4 Å². The van der Waals surface area contributed by atoms with Gasteiger partial charge >= 0.3 is 12.1 Å². The minimum atomic E-state index is -2.07. The van der Waals surface area contributed by atoms with E-state index in [1.54, 1.807) is 71.9 Å². The summed E-state index contributed by atoms with van der Waals surface area (Å²) in [6.45, 7) is 22.2. The Morgan fingerprint density at radius 3 is 1.89 bits per heavy atom. The van der Waals surface area contributed by atoms with Crippen molar-refractivity contribution in [3.05, 3.63) is 61.2 Å². The molecule has 23 heteroatoms. The number of halogens is 3. The maximum Gasteiger partial charge on any atom is 0.408 e. The number of hydrogen-bond donors (Lipinski definition) is 7. The van der Waals surface area contributed by atoms with Gasteiger partial charge in [0.15, 0.2) is 11.6 Å². The van der Waals surface area contributed by atoms with Crippen molar-refractivity contribution >= 4 is 82.3 Å². The van der Waals surface area contributed by atoms with Crippen LogP contribution in [0.25, 0.3) is 0 Å². The molecular weight excluding hydrogens is 1000 g/mol. The number of hydrogen-bond acceptors (Lipinski definition) is 13. The number of amides is 7. The minimum absolute atomic E-state index is 0.00205. The summed E-state index contributed by atoms with van der Waals surface area (Å²) in [4.78, 5) is 111. The predicted molar refractivity (Wildman–Crippen MR) is 272 cm³/mol. The van der Waals surface area contributed by atoms with Gasteiger partial charge in [0, 0.05) is 13.0 Å². The molecule has 0 aromatic heterocycles. The van der Waals surface area contributed by atoms with Gasteiger partial charge in [-0.25, -0.2) is 9.59 Å². The van der Waals surface area contributed by atoms with Crippen LogP contribution < -0.4 is 31.9 Å². The van der Waals surface area contributed by atoms with Crippen molar-refractivity contribution < 1.29 is 62.4 Å². The lowest BCUT2D eigenvalue weighted by molar-refractivity contribution is -0.146. The van der Waals surface area contributed by atoms with Gasteiger partial charge in [-0.05, 0) is 79.7 Å². The van der Waals surface area contributed by atoms with E-state index in [0.29, 0.717) is 18.4 Å². The number of carbonyl (C=O) groups is 8. The normalized spacial score (nSPS) is 17.5. The summed E-state index contributed by atoms with van der Waals surface area (Å²) in [7, 11) is 1.10. The molecule has 1 aliphatic rings. The quantitative estimate of drug-likeness (QED) is 0.0379. The van der Waals surface area contributed by atoms with Gasteiger partial charge in [-0.2, -0.15) is 0 Å². The topological polar surface area (TPSA) is 269 Å². The van der Waals surface area contributed by atoms with Crippen molar-refractivity contribution in [2.75, 3.05) is 26.9 Å². The van der Waals surface area contributed by atoms with Crippen molar-refractivity contribution in [3.63, 3.8) is 0 Å². The second-order valence-corrected chi connectivity index (χ2v) is 21.4. The van der Waals surface area contributed by atoms with E-state index in [9.17, 15) is 43.5 Å². The highest BCUT2D eigenvalue weighted by molar-refractivity contribution is 6.68. The summed E-state index contributed by atoms with van der Waals surface area (Å²) in [5.74, 6) is -6.06. The molecule has 2 rings (SSSR count). The molecule has 0 bridgehead atoms. The monoisotopic (exact) mass is 1070 g/mol. The summed E-state index contributed by atoms with van der Waals surface area (Å²) in [5, 5.41) is 25.3. The lowest BCUT2D eigenvalue weighted by Gasteiger charge is -2.35. The van der Waals surface area contributed by atoms with Crippen LogP contribution >= 0.6 is 34.8 Å². The molecule has 0 radical (unpaired) electrons. The standard InChI is InChI=1S/C49H74Cl3N7O13/c1-14-28(4)36(57-39(62)34(27-70-46(7,8)15-2)56-42(65)37(30(6)71-47(9,10)16-3)58-45(68)72-48(11,12)49(50,51)52)41(64)53-29(5)43(66)59-24-20-23-35(59)40(63)54-32(25-31-21-18-17-19-22-31)38(61)55-33(26-60)44(67)69-13/h15-19,21-22,28-30,32-37,60H,2-3,14,20,23-27H2,1,4-13H3,(H,53,64)(H,54,63)(H,55,61)(H,56,65)(H,57,62)(H,58,68)/t28-,29-,30+,32-,33-,34-,35-,36-,37-/m0/s1. The first kappa shape index (κ1) is 63.1. The van der Waals surface area contributed by atoms with Crippen LogP contribution in [0, 0.1) is 5.92 Å². The first-order chi connectivity index (χ1) is 33.4. The fraction of sp³-hybridized carbons (Fsp3) is 0.633. The van der Waals surface area contributed by atoms with E-state index in [2.05, 4.69) is 49.8 Å². The van der Waals surface area contributed by atoms with Gasteiger partial charge in [0.05, 0.1) is 37.6 Å². The highest BCUT2D eigenvalue weighted by Gasteiger charge is 2.46. The Kier molecular flexibility index (Phi) is 24.5. The van der Waals surface area contributed by atoms with E-state index < -0.39 is 136 Å². The van der Waals surface area contributed by atoms with Crippen LogP contribution in [0.2, 0.25) is 0 Å². The molecule has 72 heavy (non-hydrogen) atoms. The Morgan fingerprint density at radius 1 is 0.778 bits per heavy atom. The number of esters is 1. The van der Waals surface area contributed by atoms with E-state index >= 15 is 0 Å². The van der Waals surface area contributed by atoms with Gasteiger partial charge in [0.1, 0.15) is 36.3 Å². The molecule has 20 nitrogen and oxygen atoms in total. The molecule has 0 saturated carbocycles. The molecule has 1 fully saturated rings. The number of carbonyl (C=O) groups excluding carboxylic acids is 8. The van der Waals surface area contributed by atoms with Gasteiger partial charge in [-0.1, -0.05) is 97.6 Å². The van der Waals surface area contributed by atoms with E-state index in [1.165, 1.54) is 44.7 Å². The summed E-state index contributed by atoms with van der Waals surface area (Å²) in [6, 6.07) is -0.501. The predicted octanol–water partition coefficient (Wildman–Crippen LogP) is 3.47. The average Bonchev–Trinajstić information content (AvgIpc) is 3.81. The van der Waals surface area contributed by atoms with Crippen LogP contribution in [0.15, 0.2) is 55.6 Å². The fourth-order valence-electron chi connectivity index (χ4n) is 7.03. The first-order valence-corrected chi connectivity index (χ1v) is 24.7. The number of ether oxygens (including phenoxy) is 4. The molecule has 9 atom stereocenters. The van der Waals surface area contributed by atoms with E-state index in [1.807, 2.05) is 0 Å². The van der Waals surface area contributed by atoms with Crippen LogP contribution in [0.1, 0.15) is 94.1 Å². The number of aliphatic hydroxyl groups is 1. The molecule has 0 spiro atoms. The Hall–Kier alpha value is -4.99. The van der Waals surface area contributed by atoms with Gasteiger partial charge in [0.25, 0.3) is 0 Å². The molecule has 0 unspecified atom stereocenters. The van der Waals surface area contributed by atoms with Crippen molar-refractivity contribution in [2.24, 2.45) is 5.92 Å². The number of benzene rings is 1. The lowest BCUT2D eigenvalue weighted by atomic mass is 9.97. The van der Waals surface area contributed by atoms with Gasteiger partial charge in [-0.15, -0.1) is 13.2 Å². The van der Waals surface area contributed by atoms with Crippen LogP contribution in [0.3, 0.4) is 0 Å². The molecule has 1 saturated heterocycles. The number of likely N-dealkylation sites (tertiary alicyclic amines) is 1. The summed E-state index contributed by atoms with van der Waals surface area (Å²) < 4.78 is 20.0. The van der Waals surface area contributed by atoms with Gasteiger partial charge < -0.3 is 60.9 Å². The first-order valence-electron chi connectivity index (χ1n) is 23.6. The second kappa shape index (κ2) is 27.9. The Balaban J connectivity index is 2.40. The van der Waals surface area contributed by atoms with Crippen molar-refractivity contribution in [1.29, 1.82) is 0 Å². The molecule has 0 aliphatic carbocycles. The molecule has 404 valence electrons. The van der Waals surface area contributed by atoms with Crippen LogP contribution in [0.4, 0.5) is 4.79 Å². The third-order valence-electron chi connectivity index (χ3n) is 12.0. The zero-order chi connectivity index (χ0) is 54.9. The fourth-order valence-corrected chi connectivity index (χ4v) is 7.15. The van der Waals surface area contributed by atoms with E-state index in [0.717, 1.165) is 7.11 Å². The maximum absolute atomic E-state index is 14.3. The molecule has 1 aromatic carbocycles. The van der Waals surface area contributed by atoms with Crippen LogP contribution in [0.5, 0.6) is 0 Å². The zero-order valence-corrected chi connectivity index (χ0v) is 45.3. The number of rotatable bonds is 27.